The Balaban J connectivity index is 1.43. The minimum Gasteiger partial charge on any atom is -0.383 e. The van der Waals surface area contributed by atoms with Gasteiger partial charge in [-0.05, 0) is 17.4 Å². The summed E-state index contributed by atoms with van der Waals surface area (Å²) in [6.45, 7) is 6.37. The summed E-state index contributed by atoms with van der Waals surface area (Å²) in [5, 5.41) is 1.94. The Morgan fingerprint density at radius 3 is 2.79 bits per heavy atom. The van der Waals surface area contributed by atoms with Crippen LogP contribution in [0.25, 0.3) is 0 Å². The van der Waals surface area contributed by atoms with Gasteiger partial charge < -0.3 is 14.5 Å². The van der Waals surface area contributed by atoms with Crippen molar-refractivity contribution in [1.29, 1.82) is 0 Å². The summed E-state index contributed by atoms with van der Waals surface area (Å²) < 4.78 is 5.06. The number of nitrogens with zero attached hydrogens (tertiary/aromatic N) is 3. The lowest BCUT2D eigenvalue weighted by molar-refractivity contribution is -0.128. The van der Waals surface area contributed by atoms with E-state index in [4.69, 9.17) is 4.74 Å². The summed E-state index contributed by atoms with van der Waals surface area (Å²) in [7, 11) is 1.66. The Morgan fingerprint density at radius 2 is 2.12 bits per heavy atom. The molecule has 2 saturated heterocycles. The largest absolute Gasteiger partial charge is 0.383 e. The lowest BCUT2D eigenvalue weighted by atomic mass is 10.1. The molecule has 2 aliphatic heterocycles. The van der Waals surface area contributed by atoms with Crippen molar-refractivity contribution in [3.63, 3.8) is 0 Å². The maximum absolute atomic E-state index is 12.4. The second kappa shape index (κ2) is 8.09. The standard InChI is InChI=1S/C17H25N3O3S/c1-23-9-8-20-13-14(11-16(20)21)12-18-4-6-19(7-5-18)17(22)15-3-2-10-24-15/h2-3,10,14H,4-9,11-13H2,1H3. The lowest BCUT2D eigenvalue weighted by Crippen LogP contribution is -2.49. The van der Waals surface area contributed by atoms with Crippen molar-refractivity contribution in [1.82, 2.24) is 14.7 Å². The van der Waals surface area contributed by atoms with E-state index in [1.807, 2.05) is 27.3 Å². The number of carbonyl (C=O) groups is 2. The number of thiophene rings is 1. The molecule has 0 radical (unpaired) electrons. The molecule has 3 heterocycles. The zero-order chi connectivity index (χ0) is 16.9. The quantitative estimate of drug-likeness (QED) is 0.767. The topological polar surface area (TPSA) is 53.1 Å². The molecule has 0 aliphatic carbocycles. The van der Waals surface area contributed by atoms with E-state index < -0.39 is 0 Å². The zero-order valence-electron chi connectivity index (χ0n) is 14.1. The third-order valence-corrected chi connectivity index (χ3v) is 5.63. The van der Waals surface area contributed by atoms with Gasteiger partial charge in [0.25, 0.3) is 5.91 Å². The third-order valence-electron chi connectivity index (χ3n) is 4.77. The number of piperazine rings is 1. The van der Waals surface area contributed by atoms with Crippen LogP contribution in [0.2, 0.25) is 0 Å². The summed E-state index contributed by atoms with van der Waals surface area (Å²) in [5.41, 5.74) is 0. The molecule has 0 aromatic carbocycles. The van der Waals surface area contributed by atoms with Gasteiger partial charge >= 0.3 is 0 Å². The minimum atomic E-state index is 0.145. The number of hydrogen-bond donors (Lipinski definition) is 0. The fourth-order valence-electron chi connectivity index (χ4n) is 3.45. The Bertz CT molecular complexity index is 555. The van der Waals surface area contributed by atoms with Gasteiger partial charge in [0.15, 0.2) is 0 Å². The van der Waals surface area contributed by atoms with Crippen LogP contribution in [0.1, 0.15) is 16.1 Å². The molecule has 2 fully saturated rings. The molecule has 1 aromatic rings. The molecule has 0 saturated carbocycles. The molecular formula is C17H25N3O3S. The van der Waals surface area contributed by atoms with Crippen LogP contribution < -0.4 is 0 Å². The molecule has 0 bridgehead atoms. The van der Waals surface area contributed by atoms with Crippen LogP contribution in [-0.4, -0.2) is 86.0 Å². The SMILES string of the molecule is COCCN1CC(CN2CCN(C(=O)c3cccs3)CC2)CC1=O. The Kier molecular flexibility index (Phi) is 5.86. The summed E-state index contributed by atoms with van der Waals surface area (Å²) in [6, 6.07) is 3.80. The van der Waals surface area contributed by atoms with Gasteiger partial charge in [-0.3, -0.25) is 14.5 Å². The normalized spacial score (nSPS) is 22.4. The van der Waals surface area contributed by atoms with Gasteiger partial charge in [-0.2, -0.15) is 0 Å². The maximum Gasteiger partial charge on any atom is 0.264 e. The van der Waals surface area contributed by atoms with Gasteiger partial charge in [0.05, 0.1) is 11.5 Å². The van der Waals surface area contributed by atoms with Crippen LogP contribution >= 0.6 is 11.3 Å². The molecule has 1 unspecified atom stereocenters. The molecule has 132 valence electrons. The van der Waals surface area contributed by atoms with Gasteiger partial charge in [-0.15, -0.1) is 11.3 Å². The van der Waals surface area contributed by atoms with Gasteiger partial charge in [0.1, 0.15) is 0 Å². The van der Waals surface area contributed by atoms with Crippen molar-refractivity contribution in [2.75, 3.05) is 59.5 Å². The number of likely N-dealkylation sites (tertiary alicyclic amines) is 1. The number of hydrogen-bond acceptors (Lipinski definition) is 5. The second-order valence-electron chi connectivity index (χ2n) is 6.47. The first-order valence-corrected chi connectivity index (χ1v) is 9.37. The van der Waals surface area contributed by atoms with E-state index in [2.05, 4.69) is 4.90 Å². The summed E-state index contributed by atoms with van der Waals surface area (Å²) in [4.78, 5) is 31.4. The minimum absolute atomic E-state index is 0.145. The summed E-state index contributed by atoms with van der Waals surface area (Å²) in [5.74, 6) is 0.781. The highest BCUT2D eigenvalue weighted by molar-refractivity contribution is 7.12. The van der Waals surface area contributed by atoms with Gasteiger partial charge in [0, 0.05) is 59.3 Å². The monoisotopic (exact) mass is 351 g/mol. The van der Waals surface area contributed by atoms with E-state index in [-0.39, 0.29) is 11.8 Å². The number of amides is 2. The molecule has 24 heavy (non-hydrogen) atoms. The fraction of sp³-hybridized carbons (Fsp3) is 0.647. The molecule has 2 amide bonds. The number of ether oxygens (including phenoxy) is 1. The molecular weight excluding hydrogens is 326 g/mol. The van der Waals surface area contributed by atoms with Crippen molar-refractivity contribution in [2.45, 2.75) is 6.42 Å². The highest BCUT2D eigenvalue weighted by atomic mass is 32.1. The van der Waals surface area contributed by atoms with Crippen molar-refractivity contribution in [3.8, 4) is 0 Å². The van der Waals surface area contributed by atoms with Crippen LogP contribution in [-0.2, 0) is 9.53 Å². The Morgan fingerprint density at radius 1 is 1.33 bits per heavy atom. The van der Waals surface area contributed by atoms with Crippen LogP contribution in [0.15, 0.2) is 17.5 Å². The number of rotatable bonds is 6. The van der Waals surface area contributed by atoms with E-state index in [0.29, 0.717) is 25.5 Å². The van der Waals surface area contributed by atoms with Crippen LogP contribution in [0, 0.1) is 5.92 Å². The molecule has 0 N–H and O–H groups in total. The second-order valence-corrected chi connectivity index (χ2v) is 7.42. The first-order valence-electron chi connectivity index (χ1n) is 8.49. The zero-order valence-corrected chi connectivity index (χ0v) is 15.0. The summed E-state index contributed by atoms with van der Waals surface area (Å²) >= 11 is 1.50. The molecule has 1 aromatic heterocycles. The maximum atomic E-state index is 12.4. The average molecular weight is 351 g/mol. The Labute approximate surface area is 147 Å². The molecule has 7 heteroatoms. The van der Waals surface area contributed by atoms with Gasteiger partial charge in [0.2, 0.25) is 5.91 Å². The number of carbonyl (C=O) groups excluding carboxylic acids is 2. The van der Waals surface area contributed by atoms with Gasteiger partial charge in [-0.25, -0.2) is 0 Å². The van der Waals surface area contributed by atoms with Crippen molar-refractivity contribution in [3.05, 3.63) is 22.4 Å². The third kappa shape index (κ3) is 4.15. The summed E-state index contributed by atoms with van der Waals surface area (Å²) in [6.07, 6.45) is 0.637. The molecule has 6 nitrogen and oxygen atoms in total. The van der Waals surface area contributed by atoms with E-state index >= 15 is 0 Å². The number of methoxy groups -OCH3 is 1. The average Bonchev–Trinajstić information content (AvgIpc) is 3.23. The highest BCUT2D eigenvalue weighted by Crippen LogP contribution is 2.20. The first kappa shape index (κ1) is 17.4. The van der Waals surface area contributed by atoms with Crippen molar-refractivity contribution < 1.29 is 14.3 Å². The highest BCUT2D eigenvalue weighted by Gasteiger charge is 2.31. The lowest BCUT2D eigenvalue weighted by Gasteiger charge is -2.35. The predicted octanol–water partition coefficient (Wildman–Crippen LogP) is 1.00. The van der Waals surface area contributed by atoms with E-state index in [9.17, 15) is 9.59 Å². The van der Waals surface area contributed by atoms with Crippen LogP contribution in [0.3, 0.4) is 0 Å². The molecule has 0 spiro atoms. The van der Waals surface area contributed by atoms with Crippen molar-refractivity contribution >= 4 is 23.2 Å². The fourth-order valence-corrected chi connectivity index (χ4v) is 4.14. The van der Waals surface area contributed by atoms with Gasteiger partial charge in [-0.1, -0.05) is 6.07 Å². The first-order chi connectivity index (χ1) is 11.7. The smallest absolute Gasteiger partial charge is 0.264 e. The Hall–Kier alpha value is -1.44. The van der Waals surface area contributed by atoms with E-state index in [1.165, 1.54) is 11.3 Å². The van der Waals surface area contributed by atoms with E-state index in [0.717, 1.165) is 44.1 Å². The van der Waals surface area contributed by atoms with Crippen LogP contribution in [0.4, 0.5) is 0 Å². The predicted molar refractivity (Wildman–Crippen MR) is 93.2 cm³/mol. The van der Waals surface area contributed by atoms with E-state index in [1.54, 1.807) is 7.11 Å². The molecule has 1 atom stereocenters. The molecule has 3 rings (SSSR count). The van der Waals surface area contributed by atoms with Crippen LogP contribution in [0.5, 0.6) is 0 Å². The van der Waals surface area contributed by atoms with Crippen molar-refractivity contribution in [2.24, 2.45) is 5.92 Å². The molecule has 2 aliphatic rings.